The molecule has 9 aromatic carbocycles. The van der Waals surface area contributed by atoms with Crippen LogP contribution in [0.2, 0.25) is 0 Å². The summed E-state index contributed by atoms with van der Waals surface area (Å²) in [5.41, 5.74) is 14.1. The van der Waals surface area contributed by atoms with Gasteiger partial charge in [0.2, 0.25) is 5.95 Å². The molecule has 0 aliphatic heterocycles. The molecule has 318 valence electrons. The molecule has 68 heavy (non-hydrogen) atoms. The average Bonchev–Trinajstić information content (AvgIpc) is 3.93. The highest BCUT2D eigenvalue weighted by molar-refractivity contribution is 6.19. The molecule has 0 radical (unpaired) electrons. The molecule has 0 aliphatic rings. The summed E-state index contributed by atoms with van der Waals surface area (Å²) < 4.78 is 4.56. The number of hydrogen-bond acceptors (Lipinski definition) is 5. The van der Waals surface area contributed by atoms with E-state index in [2.05, 4.69) is 185 Å². The van der Waals surface area contributed by atoms with Gasteiger partial charge >= 0.3 is 0 Å². The van der Waals surface area contributed by atoms with Gasteiger partial charge in [-0.2, -0.15) is 9.97 Å². The van der Waals surface area contributed by atoms with Crippen molar-refractivity contribution in [2.75, 3.05) is 0 Å². The van der Waals surface area contributed by atoms with E-state index in [0.717, 1.165) is 94.2 Å². The fourth-order valence-corrected chi connectivity index (χ4v) is 9.53. The molecule has 13 rings (SSSR count). The van der Waals surface area contributed by atoms with Crippen molar-refractivity contribution in [3.05, 3.63) is 237 Å². The monoisotopic (exact) mass is 869 g/mol. The van der Waals surface area contributed by atoms with Gasteiger partial charge in [0.25, 0.3) is 0 Å². The van der Waals surface area contributed by atoms with Crippen LogP contribution in [0, 0.1) is 0 Å². The first-order valence-electron chi connectivity index (χ1n) is 22.7. The molecule has 4 aromatic heterocycles. The lowest BCUT2D eigenvalue weighted by atomic mass is 10.0. The largest absolute Gasteiger partial charge is 0.309 e. The maximum Gasteiger partial charge on any atom is 0.238 e. The normalized spacial score (nSPS) is 11.5. The fraction of sp³-hybridized carbons (Fsp3) is 0. The molecule has 0 aliphatic carbocycles. The van der Waals surface area contributed by atoms with Crippen LogP contribution in [0.4, 0.5) is 0 Å². The van der Waals surface area contributed by atoms with Crippen molar-refractivity contribution in [3.63, 3.8) is 0 Å². The molecular formula is C61H39N7. The Kier molecular flexibility index (Phi) is 9.35. The summed E-state index contributed by atoms with van der Waals surface area (Å²) >= 11 is 0. The lowest BCUT2D eigenvalue weighted by Crippen LogP contribution is -2.06. The zero-order chi connectivity index (χ0) is 45.0. The smallest absolute Gasteiger partial charge is 0.238 e. The minimum atomic E-state index is 0.547. The fourth-order valence-electron chi connectivity index (χ4n) is 9.53. The first-order valence-corrected chi connectivity index (χ1v) is 22.7. The third-order valence-electron chi connectivity index (χ3n) is 12.8. The highest BCUT2D eigenvalue weighted by Crippen LogP contribution is 2.40. The zero-order valence-corrected chi connectivity index (χ0v) is 36.6. The summed E-state index contributed by atoms with van der Waals surface area (Å²) in [5.74, 6) is 2.42. The summed E-state index contributed by atoms with van der Waals surface area (Å²) in [6, 6.07) is 82.2. The van der Waals surface area contributed by atoms with Gasteiger partial charge in [0.15, 0.2) is 17.5 Å². The summed E-state index contributed by atoms with van der Waals surface area (Å²) in [6.45, 7) is 0. The number of benzene rings is 9. The van der Waals surface area contributed by atoms with Crippen molar-refractivity contribution in [1.29, 1.82) is 0 Å². The molecule has 13 aromatic rings. The first-order chi connectivity index (χ1) is 33.7. The Balaban J connectivity index is 0.986. The minimum Gasteiger partial charge on any atom is -0.309 e. The topological polar surface area (TPSA) is 74.3 Å². The van der Waals surface area contributed by atoms with Crippen LogP contribution in [0.3, 0.4) is 0 Å². The quantitative estimate of drug-likeness (QED) is 0.152. The molecule has 7 heteroatoms. The van der Waals surface area contributed by atoms with Crippen LogP contribution < -0.4 is 0 Å². The van der Waals surface area contributed by atoms with E-state index in [4.69, 9.17) is 24.9 Å². The second-order valence-corrected chi connectivity index (χ2v) is 16.9. The predicted molar refractivity (Wildman–Crippen MR) is 277 cm³/mol. The molecule has 0 saturated carbocycles. The van der Waals surface area contributed by atoms with Gasteiger partial charge in [0.1, 0.15) is 0 Å². The number of aromatic nitrogens is 7. The molecule has 0 N–H and O–H groups in total. The molecule has 7 nitrogen and oxygen atoms in total. The SMILES string of the molecule is c1ccc(-c2ccc(-c3nc(-c4ccccc4)nc(-n4c5ccccc5c5cc6c7ccccc7n(-c7ccc(-c8nc(-c9ccccc9)cc(-c9ccccc9)n8)cc7)c6cc54)n3)cc2)cc1. The van der Waals surface area contributed by atoms with Crippen LogP contribution in [-0.4, -0.2) is 34.1 Å². The van der Waals surface area contributed by atoms with Crippen molar-refractivity contribution >= 4 is 43.6 Å². The van der Waals surface area contributed by atoms with Gasteiger partial charge in [-0.15, -0.1) is 0 Å². The third kappa shape index (κ3) is 6.80. The van der Waals surface area contributed by atoms with E-state index in [1.165, 1.54) is 5.39 Å². The van der Waals surface area contributed by atoms with Crippen molar-refractivity contribution < 1.29 is 0 Å². The lowest BCUT2D eigenvalue weighted by molar-refractivity contribution is 0.953. The third-order valence-corrected chi connectivity index (χ3v) is 12.8. The minimum absolute atomic E-state index is 0.547. The van der Waals surface area contributed by atoms with Crippen LogP contribution >= 0.6 is 0 Å². The predicted octanol–water partition coefficient (Wildman–Crippen LogP) is 14.9. The highest BCUT2D eigenvalue weighted by atomic mass is 15.2. The Bertz CT molecular complexity index is 3920. The second-order valence-electron chi connectivity index (χ2n) is 16.9. The van der Waals surface area contributed by atoms with Crippen molar-refractivity contribution in [2.24, 2.45) is 0 Å². The summed E-state index contributed by atoms with van der Waals surface area (Å²) in [4.78, 5) is 25.9. The number of fused-ring (bicyclic) bond motifs is 6. The zero-order valence-electron chi connectivity index (χ0n) is 36.6. The molecule has 4 heterocycles. The molecule has 0 atom stereocenters. The van der Waals surface area contributed by atoms with Crippen LogP contribution in [0.15, 0.2) is 237 Å². The molecular weight excluding hydrogens is 831 g/mol. The Labute approximate surface area is 392 Å². The second kappa shape index (κ2) is 16.3. The van der Waals surface area contributed by atoms with Crippen molar-refractivity contribution in [2.45, 2.75) is 0 Å². The molecule has 0 saturated heterocycles. The van der Waals surface area contributed by atoms with E-state index in [9.17, 15) is 0 Å². The van der Waals surface area contributed by atoms with Crippen LogP contribution in [0.5, 0.6) is 0 Å². The van der Waals surface area contributed by atoms with Crippen molar-refractivity contribution in [1.82, 2.24) is 34.1 Å². The van der Waals surface area contributed by atoms with Gasteiger partial charge in [-0.1, -0.05) is 182 Å². The number of nitrogens with zero attached hydrogens (tertiary/aromatic N) is 7. The van der Waals surface area contributed by atoms with E-state index in [1.54, 1.807) is 0 Å². The molecule has 0 amide bonds. The Hall–Kier alpha value is -9.33. The Morgan fingerprint density at radius 2 is 0.618 bits per heavy atom. The van der Waals surface area contributed by atoms with E-state index >= 15 is 0 Å². The van der Waals surface area contributed by atoms with Gasteiger partial charge in [-0.3, -0.25) is 4.57 Å². The van der Waals surface area contributed by atoms with Crippen molar-refractivity contribution in [3.8, 4) is 79.4 Å². The van der Waals surface area contributed by atoms with Gasteiger partial charge in [0.05, 0.1) is 33.5 Å². The van der Waals surface area contributed by atoms with Gasteiger partial charge in [0, 0.05) is 55.0 Å². The number of para-hydroxylation sites is 2. The van der Waals surface area contributed by atoms with E-state index < -0.39 is 0 Å². The van der Waals surface area contributed by atoms with Crippen LogP contribution in [-0.2, 0) is 0 Å². The number of rotatable bonds is 8. The maximum atomic E-state index is 5.29. The van der Waals surface area contributed by atoms with E-state index in [-0.39, 0.29) is 0 Å². The molecule has 0 bridgehead atoms. The van der Waals surface area contributed by atoms with Gasteiger partial charge in [-0.25, -0.2) is 15.0 Å². The Morgan fingerprint density at radius 3 is 1.16 bits per heavy atom. The van der Waals surface area contributed by atoms with Gasteiger partial charge < -0.3 is 4.57 Å². The summed E-state index contributed by atoms with van der Waals surface area (Å²) in [7, 11) is 0. The maximum absolute atomic E-state index is 5.29. The highest BCUT2D eigenvalue weighted by Gasteiger charge is 2.22. The Morgan fingerprint density at radius 1 is 0.235 bits per heavy atom. The molecule has 0 fully saturated rings. The standard InChI is InChI=1S/C61H39N7/c1-5-17-40(18-6-1)41-29-31-45(32-30-41)60-64-59(44-23-11-4-12-24-44)65-61(66-60)68-55-28-16-14-26-49(55)51-37-50-48-25-13-15-27-54(48)67(56(50)39-57(51)68)47-35-33-46(34-36-47)58-62-52(42-19-7-2-8-20-42)38-53(63-58)43-21-9-3-10-22-43/h1-39H. The lowest BCUT2D eigenvalue weighted by Gasteiger charge is -2.12. The van der Waals surface area contributed by atoms with E-state index in [1.807, 2.05) is 60.7 Å². The first kappa shape index (κ1) is 39.1. The summed E-state index contributed by atoms with van der Waals surface area (Å²) in [5, 5.41) is 4.57. The van der Waals surface area contributed by atoms with Crippen LogP contribution in [0.1, 0.15) is 0 Å². The average molecular weight is 870 g/mol. The van der Waals surface area contributed by atoms with Crippen LogP contribution in [0.25, 0.3) is 123 Å². The summed E-state index contributed by atoms with van der Waals surface area (Å²) in [6.07, 6.45) is 0. The van der Waals surface area contributed by atoms with E-state index in [0.29, 0.717) is 23.4 Å². The molecule has 0 unspecified atom stereocenters. The number of hydrogen-bond donors (Lipinski definition) is 0. The molecule has 0 spiro atoms. The van der Waals surface area contributed by atoms with Gasteiger partial charge in [-0.05, 0) is 65.7 Å².